The Balaban J connectivity index is 2.00. The van der Waals surface area contributed by atoms with E-state index < -0.39 is 0 Å². The first-order valence-electron chi connectivity index (χ1n) is 7.33. The first-order chi connectivity index (χ1) is 9.08. The van der Waals surface area contributed by atoms with Crippen LogP contribution in [0.25, 0.3) is 0 Å². The van der Waals surface area contributed by atoms with Crippen LogP contribution in [0.1, 0.15) is 38.7 Å². The minimum absolute atomic E-state index is 0.813. The number of hydrogen-bond acceptors (Lipinski definition) is 2. The van der Waals surface area contributed by atoms with Crippen molar-refractivity contribution in [1.82, 2.24) is 4.90 Å². The van der Waals surface area contributed by atoms with Crippen molar-refractivity contribution in [3.8, 4) is 0 Å². The van der Waals surface area contributed by atoms with Gasteiger partial charge in [-0.1, -0.05) is 35.8 Å². The van der Waals surface area contributed by atoms with E-state index in [0.29, 0.717) is 0 Å². The van der Waals surface area contributed by atoms with Gasteiger partial charge in [0.1, 0.15) is 0 Å². The molecule has 1 aliphatic rings. The highest BCUT2D eigenvalue weighted by atomic mass is 79.9. The smallest absolute Gasteiger partial charge is 0.0371 e. The van der Waals surface area contributed by atoms with Crippen LogP contribution < -0.4 is 5.73 Å². The topological polar surface area (TPSA) is 29.3 Å². The molecule has 1 atom stereocenters. The predicted molar refractivity (Wildman–Crippen MR) is 86.0 cm³/mol. The van der Waals surface area contributed by atoms with E-state index in [4.69, 9.17) is 5.73 Å². The monoisotopic (exact) mass is 324 g/mol. The van der Waals surface area contributed by atoms with E-state index in [1.807, 2.05) is 12.1 Å². The van der Waals surface area contributed by atoms with Gasteiger partial charge in [0.2, 0.25) is 0 Å². The van der Waals surface area contributed by atoms with Gasteiger partial charge in [-0.25, -0.2) is 0 Å². The molecule has 2 rings (SSSR count). The number of benzene rings is 1. The van der Waals surface area contributed by atoms with Gasteiger partial charge in [0, 0.05) is 22.3 Å². The van der Waals surface area contributed by atoms with Crippen molar-refractivity contribution >= 4 is 21.6 Å². The van der Waals surface area contributed by atoms with Crippen LogP contribution in [0.5, 0.6) is 0 Å². The fraction of sp³-hybridized carbons (Fsp3) is 0.625. The maximum absolute atomic E-state index is 6.10. The van der Waals surface area contributed by atoms with Gasteiger partial charge in [0.15, 0.2) is 0 Å². The van der Waals surface area contributed by atoms with Gasteiger partial charge in [-0.05, 0) is 56.3 Å². The molecule has 1 heterocycles. The van der Waals surface area contributed by atoms with Crippen LogP contribution in [0.4, 0.5) is 5.69 Å². The van der Waals surface area contributed by atoms with Crippen molar-refractivity contribution in [1.29, 1.82) is 0 Å². The maximum Gasteiger partial charge on any atom is 0.0371 e. The Morgan fingerprint density at radius 2 is 2.11 bits per heavy atom. The molecular formula is C16H25BrN2. The first-order valence-corrected chi connectivity index (χ1v) is 8.12. The summed E-state index contributed by atoms with van der Waals surface area (Å²) in [6.45, 7) is 8.07. The maximum atomic E-state index is 6.10. The molecule has 1 saturated heterocycles. The fourth-order valence-electron chi connectivity index (χ4n) is 2.97. The fourth-order valence-corrected chi connectivity index (χ4v) is 3.48. The number of halogens is 1. The van der Waals surface area contributed by atoms with Crippen LogP contribution in [0.15, 0.2) is 22.7 Å². The second-order valence-electron chi connectivity index (χ2n) is 6.02. The third-order valence-electron chi connectivity index (χ3n) is 4.34. The zero-order valence-corrected chi connectivity index (χ0v) is 13.6. The third kappa shape index (κ3) is 3.96. The molecule has 1 aromatic carbocycles. The Morgan fingerprint density at radius 3 is 2.79 bits per heavy atom. The van der Waals surface area contributed by atoms with E-state index >= 15 is 0 Å². The number of nitrogens with zero attached hydrogens (tertiary/aromatic N) is 1. The molecule has 1 unspecified atom stereocenters. The normalized spacial score (nSPS) is 21.6. The summed E-state index contributed by atoms with van der Waals surface area (Å²) >= 11 is 3.62. The van der Waals surface area contributed by atoms with Crippen molar-refractivity contribution in [3.05, 3.63) is 28.2 Å². The highest BCUT2D eigenvalue weighted by Gasteiger charge is 2.20. The molecular weight excluding hydrogens is 300 g/mol. The molecule has 2 nitrogen and oxygen atoms in total. The summed E-state index contributed by atoms with van der Waals surface area (Å²) in [4.78, 5) is 2.55. The summed E-state index contributed by atoms with van der Waals surface area (Å²) in [7, 11) is 0. The molecule has 0 aromatic heterocycles. The summed E-state index contributed by atoms with van der Waals surface area (Å²) in [5, 5.41) is 0. The van der Waals surface area contributed by atoms with Gasteiger partial charge >= 0.3 is 0 Å². The summed E-state index contributed by atoms with van der Waals surface area (Å²) in [6.07, 6.45) is 4.01. The lowest BCUT2D eigenvalue weighted by molar-refractivity contribution is 0.265. The highest BCUT2D eigenvalue weighted by molar-refractivity contribution is 9.10. The van der Waals surface area contributed by atoms with Crippen molar-refractivity contribution in [2.75, 3.05) is 18.8 Å². The molecule has 0 saturated carbocycles. The van der Waals surface area contributed by atoms with Crippen LogP contribution in [0.3, 0.4) is 0 Å². The average molecular weight is 325 g/mol. The number of likely N-dealkylation sites (tertiary alicyclic amines) is 1. The minimum atomic E-state index is 0.813. The molecule has 1 aliphatic heterocycles. The molecule has 0 aliphatic carbocycles. The molecule has 106 valence electrons. The zero-order valence-electron chi connectivity index (χ0n) is 12.0. The summed E-state index contributed by atoms with van der Waals surface area (Å²) in [5.41, 5.74) is 8.24. The molecule has 19 heavy (non-hydrogen) atoms. The number of anilines is 1. The molecule has 2 N–H and O–H groups in total. The van der Waals surface area contributed by atoms with Crippen LogP contribution in [-0.2, 0) is 6.54 Å². The molecule has 0 bridgehead atoms. The van der Waals surface area contributed by atoms with Crippen LogP contribution in [-0.4, -0.2) is 18.0 Å². The lowest BCUT2D eigenvalue weighted by atomic mass is 9.89. The van der Waals surface area contributed by atoms with E-state index in [-0.39, 0.29) is 0 Å². The van der Waals surface area contributed by atoms with Gasteiger partial charge in [-0.2, -0.15) is 0 Å². The summed E-state index contributed by atoms with van der Waals surface area (Å²) in [6, 6.07) is 6.08. The largest absolute Gasteiger partial charge is 0.398 e. The Bertz CT molecular complexity index is 397. The Kier molecular flexibility index (Phi) is 5.28. The third-order valence-corrected chi connectivity index (χ3v) is 5.09. The Labute approximate surface area is 125 Å². The van der Waals surface area contributed by atoms with Gasteiger partial charge < -0.3 is 5.73 Å². The number of nitrogen functional groups attached to an aromatic ring is 1. The number of hydrogen-bond donors (Lipinski definition) is 1. The quantitative estimate of drug-likeness (QED) is 0.840. The van der Waals surface area contributed by atoms with E-state index in [1.165, 1.54) is 37.9 Å². The second-order valence-corrected chi connectivity index (χ2v) is 6.87. The zero-order chi connectivity index (χ0) is 13.8. The van der Waals surface area contributed by atoms with Crippen molar-refractivity contribution in [2.45, 2.75) is 39.7 Å². The van der Waals surface area contributed by atoms with Crippen molar-refractivity contribution in [3.63, 3.8) is 0 Å². The first kappa shape index (κ1) is 14.9. The molecule has 0 amide bonds. The minimum Gasteiger partial charge on any atom is -0.398 e. The van der Waals surface area contributed by atoms with Crippen LogP contribution in [0, 0.1) is 11.8 Å². The summed E-state index contributed by atoms with van der Waals surface area (Å²) < 4.78 is 1.14. The van der Waals surface area contributed by atoms with E-state index in [0.717, 1.165) is 28.5 Å². The SMILES string of the molecule is CC(C)C1CCCN(Cc2c(N)cccc2Br)CC1. The molecule has 3 heteroatoms. The molecule has 1 fully saturated rings. The molecule has 1 aromatic rings. The average Bonchev–Trinajstić information content (AvgIpc) is 2.59. The van der Waals surface area contributed by atoms with Gasteiger partial charge in [0.05, 0.1) is 0 Å². The Morgan fingerprint density at radius 1 is 1.32 bits per heavy atom. The lowest BCUT2D eigenvalue weighted by Gasteiger charge is -2.22. The van der Waals surface area contributed by atoms with Crippen LogP contribution >= 0.6 is 15.9 Å². The molecule has 0 spiro atoms. The highest BCUT2D eigenvalue weighted by Crippen LogP contribution is 2.28. The van der Waals surface area contributed by atoms with Crippen molar-refractivity contribution < 1.29 is 0 Å². The summed E-state index contributed by atoms with van der Waals surface area (Å²) in [5.74, 6) is 1.70. The van der Waals surface area contributed by atoms with E-state index in [2.05, 4.69) is 40.7 Å². The van der Waals surface area contributed by atoms with E-state index in [1.54, 1.807) is 0 Å². The number of rotatable bonds is 3. The van der Waals surface area contributed by atoms with Gasteiger partial charge in [0.25, 0.3) is 0 Å². The standard InChI is InChI=1S/C16H25BrN2/c1-12(2)13-5-4-9-19(10-8-13)11-14-15(17)6-3-7-16(14)18/h3,6-7,12-13H,4-5,8-11,18H2,1-2H3. The predicted octanol–water partition coefficient (Wildman–Crippen LogP) is 4.29. The lowest BCUT2D eigenvalue weighted by Crippen LogP contribution is -2.25. The van der Waals surface area contributed by atoms with Crippen LogP contribution in [0.2, 0.25) is 0 Å². The van der Waals surface area contributed by atoms with Gasteiger partial charge in [-0.3, -0.25) is 4.90 Å². The second kappa shape index (κ2) is 6.76. The Hall–Kier alpha value is -0.540. The van der Waals surface area contributed by atoms with Gasteiger partial charge in [-0.15, -0.1) is 0 Å². The van der Waals surface area contributed by atoms with Crippen molar-refractivity contribution in [2.24, 2.45) is 11.8 Å². The number of nitrogens with two attached hydrogens (primary N) is 1. The van der Waals surface area contributed by atoms with E-state index in [9.17, 15) is 0 Å². The molecule has 0 radical (unpaired) electrons.